The van der Waals surface area contributed by atoms with Gasteiger partial charge in [-0.15, -0.1) is 23.1 Å². The molecule has 3 N–H and O–H groups in total. The number of fused-ring (bicyclic) bond motifs is 1. The highest BCUT2D eigenvalue weighted by Gasteiger charge is 2.31. The van der Waals surface area contributed by atoms with Crippen molar-refractivity contribution in [1.29, 1.82) is 0 Å². The molecular weight excluding hydrogens is 613 g/mol. The van der Waals surface area contributed by atoms with Gasteiger partial charge in [0, 0.05) is 34.6 Å². The van der Waals surface area contributed by atoms with Crippen LogP contribution in [-0.4, -0.2) is 41.5 Å². The summed E-state index contributed by atoms with van der Waals surface area (Å²) in [5.74, 6) is -0.812. The first-order valence-corrected chi connectivity index (χ1v) is 16.1. The first-order valence-electron chi connectivity index (χ1n) is 14.0. The Morgan fingerprint density at radius 3 is 2.39 bits per heavy atom. The molecule has 5 rings (SSSR count). The number of carbonyl (C=O) groups is 3. The van der Waals surface area contributed by atoms with E-state index >= 15 is 0 Å². The van der Waals surface area contributed by atoms with Crippen molar-refractivity contribution >= 4 is 74.6 Å². The van der Waals surface area contributed by atoms with Gasteiger partial charge in [0.1, 0.15) is 10.3 Å². The zero-order valence-corrected chi connectivity index (χ0v) is 27.0. The predicted octanol–water partition coefficient (Wildman–Crippen LogP) is 7.03. The topological polar surface area (TPSA) is 99.8 Å². The second-order valence-corrected chi connectivity index (χ2v) is 13.0. The summed E-state index contributed by atoms with van der Waals surface area (Å²) in [4.78, 5) is 42.3. The number of ether oxygens (including phenoxy) is 1. The molecule has 1 aromatic heterocycles. The third-order valence-corrected chi connectivity index (χ3v) is 9.71. The minimum Gasteiger partial charge on any atom is -0.465 e. The molecule has 2 amide bonds. The van der Waals surface area contributed by atoms with Crippen molar-refractivity contribution in [3.8, 4) is 0 Å². The molecule has 1 unspecified atom stereocenters. The maximum absolute atomic E-state index is 14.0. The van der Waals surface area contributed by atoms with E-state index in [9.17, 15) is 14.4 Å². The molecule has 0 radical (unpaired) electrons. The monoisotopic (exact) mass is 644 g/mol. The number of hydrogen-bond acceptors (Lipinski definition) is 7. The van der Waals surface area contributed by atoms with Crippen molar-refractivity contribution in [3.05, 3.63) is 106 Å². The van der Waals surface area contributed by atoms with Gasteiger partial charge in [-0.3, -0.25) is 9.59 Å². The number of hydrogen-bond donors (Lipinski definition) is 3. The number of anilines is 3. The second-order valence-electron chi connectivity index (χ2n) is 10.3. The zero-order valence-electron chi connectivity index (χ0n) is 24.5. The molecule has 44 heavy (non-hydrogen) atoms. The van der Waals surface area contributed by atoms with Gasteiger partial charge < -0.3 is 25.6 Å². The van der Waals surface area contributed by atoms with Crippen LogP contribution in [0.3, 0.4) is 0 Å². The quantitative estimate of drug-likeness (QED) is 0.107. The summed E-state index contributed by atoms with van der Waals surface area (Å²) in [5.41, 5.74) is 4.83. The van der Waals surface area contributed by atoms with Gasteiger partial charge in [0.15, 0.2) is 5.11 Å². The Kier molecular flexibility index (Phi) is 9.99. The molecule has 0 spiro atoms. The number of thiocarbonyl (C=S) groups is 1. The summed E-state index contributed by atoms with van der Waals surface area (Å²) in [6.45, 7) is 4.46. The highest BCUT2D eigenvalue weighted by atomic mass is 32.2. The zero-order chi connectivity index (χ0) is 31.2. The Bertz CT molecular complexity index is 1690. The smallest absolute Gasteiger partial charge is 0.341 e. The van der Waals surface area contributed by atoms with Gasteiger partial charge >= 0.3 is 5.97 Å². The number of carbonyl (C=O) groups excluding carboxylic acids is 3. The molecule has 0 aliphatic carbocycles. The molecule has 1 aliphatic rings. The number of thiophene rings is 1. The molecule has 2 heterocycles. The van der Waals surface area contributed by atoms with Crippen LogP contribution in [0.15, 0.2) is 83.8 Å². The van der Waals surface area contributed by atoms with E-state index in [-0.39, 0.29) is 11.8 Å². The summed E-state index contributed by atoms with van der Waals surface area (Å²) in [6.07, 6.45) is 0.517. The van der Waals surface area contributed by atoms with E-state index in [0.29, 0.717) is 35.2 Å². The van der Waals surface area contributed by atoms with Crippen LogP contribution in [0.25, 0.3) is 0 Å². The number of thioether (sulfide) groups is 1. The fraction of sp³-hybridized carbons (Fsp3) is 0.212. The average Bonchev–Trinajstić information content (AvgIpc) is 3.38. The Labute approximate surface area is 270 Å². The Balaban J connectivity index is 1.37. The molecule has 0 saturated carbocycles. The second kappa shape index (κ2) is 14.1. The van der Waals surface area contributed by atoms with Gasteiger partial charge in [0.2, 0.25) is 11.8 Å². The van der Waals surface area contributed by atoms with Crippen molar-refractivity contribution in [1.82, 2.24) is 4.90 Å². The van der Waals surface area contributed by atoms with Crippen LogP contribution in [0.2, 0.25) is 0 Å². The number of methoxy groups -OCH3 is 1. The summed E-state index contributed by atoms with van der Waals surface area (Å²) in [7, 11) is 1.33. The molecule has 1 atom stereocenters. The third kappa shape index (κ3) is 7.47. The molecule has 0 saturated heterocycles. The Hall–Kier alpha value is -4.19. The molecule has 4 aromatic rings. The van der Waals surface area contributed by atoms with Gasteiger partial charge in [-0.25, -0.2) is 4.79 Å². The number of amides is 2. The summed E-state index contributed by atoms with van der Waals surface area (Å²) in [6, 6.07) is 25.2. The first kappa shape index (κ1) is 31.2. The van der Waals surface area contributed by atoms with Crippen LogP contribution in [0.1, 0.15) is 44.1 Å². The van der Waals surface area contributed by atoms with E-state index in [2.05, 4.69) is 16.0 Å². The van der Waals surface area contributed by atoms with Crippen LogP contribution in [0.5, 0.6) is 0 Å². The molecule has 0 bridgehead atoms. The minimum atomic E-state index is -0.623. The van der Waals surface area contributed by atoms with Crippen LogP contribution in [0, 0.1) is 6.92 Å². The third-order valence-electron chi connectivity index (χ3n) is 7.12. The largest absolute Gasteiger partial charge is 0.465 e. The van der Waals surface area contributed by atoms with Crippen molar-refractivity contribution in [3.63, 3.8) is 0 Å². The van der Waals surface area contributed by atoms with Crippen LogP contribution in [-0.2, 0) is 27.3 Å². The highest BCUT2D eigenvalue weighted by Crippen LogP contribution is 2.41. The standard InChI is InChI=1S/C33H32N4O4S3/c1-20-12-14-23(15-13-20)34-33(42)35-24-10-7-11-25(18-24)43-29(22-8-5-4-6-9-22)30(39)36-31-28(32(40)41-3)26-16-17-37(21(2)38)19-27(26)44-31/h4-15,18,29H,16-17,19H2,1-3H3,(H,36,39)(H2,34,35,42). The lowest BCUT2D eigenvalue weighted by molar-refractivity contribution is -0.129. The van der Waals surface area contributed by atoms with Gasteiger partial charge in [0.05, 0.1) is 19.2 Å². The molecule has 0 fully saturated rings. The highest BCUT2D eigenvalue weighted by molar-refractivity contribution is 8.00. The molecule has 11 heteroatoms. The lowest BCUT2D eigenvalue weighted by Gasteiger charge is -2.25. The fourth-order valence-electron chi connectivity index (χ4n) is 4.87. The molecule has 1 aliphatic heterocycles. The number of benzene rings is 3. The van der Waals surface area contributed by atoms with Crippen LogP contribution in [0.4, 0.5) is 16.4 Å². The number of rotatable bonds is 8. The predicted molar refractivity (Wildman–Crippen MR) is 182 cm³/mol. The fourth-order valence-corrected chi connectivity index (χ4v) is 7.44. The van der Waals surface area contributed by atoms with Gasteiger partial charge in [-0.1, -0.05) is 54.1 Å². The number of esters is 1. The van der Waals surface area contributed by atoms with Gasteiger partial charge in [0.25, 0.3) is 0 Å². The average molecular weight is 645 g/mol. The van der Waals surface area contributed by atoms with Crippen LogP contribution >= 0.6 is 35.3 Å². The number of aryl methyl sites for hydroxylation is 1. The number of nitrogens with zero attached hydrogens (tertiary/aromatic N) is 1. The van der Waals surface area contributed by atoms with Crippen molar-refractivity contribution in [2.75, 3.05) is 29.6 Å². The molecule has 226 valence electrons. The summed E-state index contributed by atoms with van der Waals surface area (Å²) >= 11 is 8.24. The van der Waals surface area contributed by atoms with E-state index in [1.54, 1.807) is 4.90 Å². The van der Waals surface area contributed by atoms with E-state index in [1.165, 1.54) is 37.1 Å². The summed E-state index contributed by atoms with van der Waals surface area (Å²) in [5, 5.41) is 9.70. The van der Waals surface area contributed by atoms with Gasteiger partial charge in [-0.2, -0.15) is 0 Å². The van der Waals surface area contributed by atoms with Crippen molar-refractivity contribution < 1.29 is 19.1 Å². The van der Waals surface area contributed by atoms with Crippen molar-refractivity contribution in [2.45, 2.75) is 37.0 Å². The first-order chi connectivity index (χ1) is 21.2. The van der Waals surface area contributed by atoms with Crippen LogP contribution < -0.4 is 16.0 Å². The SMILES string of the molecule is COC(=O)c1c(NC(=O)C(Sc2cccc(NC(=S)Nc3ccc(C)cc3)c2)c2ccccc2)sc2c1CCN(C(C)=O)C2. The normalized spacial score (nSPS) is 12.9. The van der Waals surface area contributed by atoms with Crippen molar-refractivity contribution in [2.24, 2.45) is 0 Å². The maximum atomic E-state index is 14.0. The maximum Gasteiger partial charge on any atom is 0.341 e. The number of nitrogens with one attached hydrogen (secondary N) is 3. The molecule has 8 nitrogen and oxygen atoms in total. The summed E-state index contributed by atoms with van der Waals surface area (Å²) < 4.78 is 5.09. The van der Waals surface area contributed by atoms with E-state index in [0.717, 1.165) is 37.8 Å². The minimum absolute atomic E-state index is 0.0294. The molecular formula is C33H32N4O4S3. The van der Waals surface area contributed by atoms with E-state index < -0.39 is 11.2 Å². The lowest BCUT2D eigenvalue weighted by Crippen LogP contribution is -2.33. The lowest BCUT2D eigenvalue weighted by atomic mass is 10.0. The van der Waals surface area contributed by atoms with E-state index in [1.807, 2.05) is 85.8 Å². The van der Waals surface area contributed by atoms with E-state index in [4.69, 9.17) is 17.0 Å². The molecule has 3 aromatic carbocycles. The Morgan fingerprint density at radius 1 is 0.955 bits per heavy atom. The Morgan fingerprint density at radius 2 is 1.68 bits per heavy atom. The van der Waals surface area contributed by atoms with Gasteiger partial charge in [-0.05, 0) is 67.0 Å².